The van der Waals surface area contributed by atoms with E-state index >= 15 is 0 Å². The van der Waals surface area contributed by atoms with Crippen molar-refractivity contribution in [3.05, 3.63) is 34.2 Å². The van der Waals surface area contributed by atoms with Gasteiger partial charge in [0.25, 0.3) is 5.56 Å². The first-order chi connectivity index (χ1) is 9.33. The molecule has 112 valence electrons. The highest BCUT2D eigenvalue weighted by Gasteiger charge is 2.15. The van der Waals surface area contributed by atoms with Crippen LogP contribution in [0, 0.1) is 0 Å². The number of nitrogens with one attached hydrogen (secondary N) is 1. The number of aryl methyl sites for hydroxylation is 1. The van der Waals surface area contributed by atoms with Crippen LogP contribution in [0.25, 0.3) is 0 Å². The largest absolute Gasteiger partial charge is 0.444 e. The summed E-state index contributed by atoms with van der Waals surface area (Å²) < 4.78 is 6.71. The fourth-order valence-corrected chi connectivity index (χ4v) is 1.67. The minimum atomic E-state index is -0.503. The van der Waals surface area contributed by atoms with Crippen LogP contribution in [0.3, 0.4) is 0 Å². The minimum Gasteiger partial charge on any atom is -0.444 e. The maximum atomic E-state index is 11.9. The van der Waals surface area contributed by atoms with E-state index in [0.29, 0.717) is 25.1 Å². The third-order valence-electron chi connectivity index (χ3n) is 2.56. The Labute approximate surface area is 118 Å². The summed E-state index contributed by atoms with van der Waals surface area (Å²) in [4.78, 5) is 23.3. The number of amides is 1. The van der Waals surface area contributed by atoms with E-state index in [4.69, 9.17) is 10.5 Å². The van der Waals surface area contributed by atoms with Gasteiger partial charge in [0, 0.05) is 31.4 Å². The molecule has 0 spiro atoms. The lowest BCUT2D eigenvalue weighted by molar-refractivity contribution is 0.0526. The molecule has 1 aromatic rings. The molecule has 20 heavy (non-hydrogen) atoms. The molecule has 0 atom stereocenters. The first kappa shape index (κ1) is 16.2. The second-order valence-electron chi connectivity index (χ2n) is 5.52. The Morgan fingerprint density at radius 3 is 2.75 bits per heavy atom. The van der Waals surface area contributed by atoms with Crippen LogP contribution in [0.5, 0.6) is 0 Å². The van der Waals surface area contributed by atoms with Gasteiger partial charge in [0.1, 0.15) is 5.60 Å². The van der Waals surface area contributed by atoms with Crippen LogP contribution in [0.15, 0.2) is 23.1 Å². The second-order valence-corrected chi connectivity index (χ2v) is 5.52. The molecule has 6 heteroatoms. The van der Waals surface area contributed by atoms with Crippen molar-refractivity contribution in [3.63, 3.8) is 0 Å². The number of ether oxygens (including phenoxy) is 1. The summed E-state index contributed by atoms with van der Waals surface area (Å²) in [6, 6.07) is 3.52. The molecule has 1 rings (SSSR count). The van der Waals surface area contributed by atoms with Gasteiger partial charge in [-0.25, -0.2) is 4.79 Å². The molecule has 0 aromatic carbocycles. The van der Waals surface area contributed by atoms with Crippen molar-refractivity contribution >= 4 is 6.09 Å². The van der Waals surface area contributed by atoms with E-state index in [2.05, 4.69) is 5.32 Å². The average Bonchev–Trinajstić information content (AvgIpc) is 2.34. The van der Waals surface area contributed by atoms with Crippen molar-refractivity contribution in [2.45, 2.75) is 45.9 Å². The quantitative estimate of drug-likeness (QED) is 0.795. The first-order valence-electron chi connectivity index (χ1n) is 6.69. The molecule has 1 aromatic heterocycles. The molecule has 0 aliphatic carbocycles. The highest BCUT2D eigenvalue weighted by atomic mass is 16.6. The molecule has 0 unspecified atom stereocenters. The molecule has 0 saturated heterocycles. The smallest absolute Gasteiger partial charge is 0.407 e. The monoisotopic (exact) mass is 281 g/mol. The molecule has 0 radical (unpaired) electrons. The Bertz CT molecular complexity index is 503. The number of hydrogen-bond acceptors (Lipinski definition) is 4. The molecule has 1 amide bonds. The molecule has 0 saturated carbocycles. The lowest BCUT2D eigenvalue weighted by atomic mass is 10.2. The Morgan fingerprint density at radius 1 is 1.45 bits per heavy atom. The third-order valence-corrected chi connectivity index (χ3v) is 2.56. The Kier molecular flexibility index (Phi) is 5.76. The van der Waals surface area contributed by atoms with E-state index in [1.54, 1.807) is 22.9 Å². The molecule has 0 bridgehead atoms. The zero-order chi connectivity index (χ0) is 15.2. The number of alkyl carbamates (subject to hydrolysis) is 1. The maximum absolute atomic E-state index is 11.9. The highest BCUT2D eigenvalue weighted by molar-refractivity contribution is 5.67. The molecule has 0 aliphatic rings. The molecular formula is C14H23N3O3. The first-order valence-corrected chi connectivity index (χ1v) is 6.69. The summed E-state index contributed by atoms with van der Waals surface area (Å²) in [6.07, 6.45) is 1.92. The summed E-state index contributed by atoms with van der Waals surface area (Å²) in [5, 5.41) is 2.66. The summed E-state index contributed by atoms with van der Waals surface area (Å²) >= 11 is 0. The van der Waals surface area contributed by atoms with Gasteiger partial charge in [0.05, 0.1) is 0 Å². The van der Waals surface area contributed by atoms with Crippen LogP contribution in [-0.2, 0) is 17.8 Å². The van der Waals surface area contributed by atoms with Gasteiger partial charge in [-0.1, -0.05) is 6.07 Å². The van der Waals surface area contributed by atoms with Crippen molar-refractivity contribution in [3.8, 4) is 0 Å². The normalized spacial score (nSPS) is 11.2. The van der Waals surface area contributed by atoms with Crippen LogP contribution in [0.2, 0.25) is 0 Å². The fourth-order valence-electron chi connectivity index (χ4n) is 1.67. The molecule has 6 nitrogen and oxygen atoms in total. The number of nitrogens with two attached hydrogens (primary N) is 1. The molecule has 0 fully saturated rings. The Morgan fingerprint density at radius 2 is 2.15 bits per heavy atom. The van der Waals surface area contributed by atoms with Gasteiger partial charge >= 0.3 is 6.09 Å². The van der Waals surface area contributed by atoms with Gasteiger partial charge in [-0.05, 0) is 33.3 Å². The molecule has 1 heterocycles. The number of pyridine rings is 1. The Hall–Kier alpha value is -1.82. The van der Waals surface area contributed by atoms with Gasteiger partial charge in [0.15, 0.2) is 0 Å². The third kappa shape index (κ3) is 5.44. The Balaban J connectivity index is 2.39. The number of hydrogen-bond donors (Lipinski definition) is 2. The van der Waals surface area contributed by atoms with Crippen molar-refractivity contribution in [1.29, 1.82) is 0 Å². The SMILES string of the molecule is CC(C)(C)OC(=O)NCCCn1cccc(CN)c1=O. The van der Waals surface area contributed by atoms with E-state index < -0.39 is 11.7 Å². The number of carbonyl (C=O) groups excluding carboxylic acids is 1. The number of nitrogens with zero attached hydrogens (tertiary/aromatic N) is 1. The van der Waals surface area contributed by atoms with Crippen LogP contribution in [0.1, 0.15) is 32.8 Å². The average molecular weight is 281 g/mol. The predicted octanol–water partition coefficient (Wildman–Crippen LogP) is 1.22. The minimum absolute atomic E-state index is 0.0766. The van der Waals surface area contributed by atoms with Crippen LogP contribution in [-0.4, -0.2) is 22.8 Å². The van der Waals surface area contributed by atoms with Gasteiger partial charge in [-0.15, -0.1) is 0 Å². The van der Waals surface area contributed by atoms with Gasteiger partial charge in [-0.3, -0.25) is 4.79 Å². The number of aromatic nitrogens is 1. The lowest BCUT2D eigenvalue weighted by Gasteiger charge is -2.19. The topological polar surface area (TPSA) is 86.3 Å². The van der Waals surface area contributed by atoms with Crippen molar-refractivity contribution in [2.75, 3.05) is 6.54 Å². The van der Waals surface area contributed by atoms with E-state index in [0.717, 1.165) is 0 Å². The maximum Gasteiger partial charge on any atom is 0.407 e. The predicted molar refractivity (Wildman–Crippen MR) is 77.4 cm³/mol. The number of carbonyl (C=O) groups is 1. The fraction of sp³-hybridized carbons (Fsp3) is 0.571. The van der Waals surface area contributed by atoms with E-state index in [1.807, 2.05) is 20.8 Å². The zero-order valence-corrected chi connectivity index (χ0v) is 12.3. The lowest BCUT2D eigenvalue weighted by Crippen LogP contribution is -2.33. The van der Waals surface area contributed by atoms with Crippen molar-refractivity contribution in [2.24, 2.45) is 5.73 Å². The summed E-state index contributed by atoms with van der Waals surface area (Å²) in [5.74, 6) is 0. The van der Waals surface area contributed by atoms with Gasteiger partial charge in [-0.2, -0.15) is 0 Å². The van der Waals surface area contributed by atoms with Crippen LogP contribution in [0.4, 0.5) is 4.79 Å². The highest BCUT2D eigenvalue weighted by Crippen LogP contribution is 2.06. The van der Waals surface area contributed by atoms with Crippen LogP contribution < -0.4 is 16.6 Å². The van der Waals surface area contributed by atoms with E-state index in [-0.39, 0.29) is 12.1 Å². The standard InChI is InChI=1S/C14H23N3O3/c1-14(2,3)20-13(19)16-7-5-9-17-8-4-6-11(10-15)12(17)18/h4,6,8H,5,7,9-10,15H2,1-3H3,(H,16,19). The molecular weight excluding hydrogens is 258 g/mol. The van der Waals surface area contributed by atoms with Gasteiger partial charge in [0.2, 0.25) is 0 Å². The second kappa shape index (κ2) is 7.09. The zero-order valence-electron chi connectivity index (χ0n) is 12.3. The summed E-state index contributed by atoms with van der Waals surface area (Å²) in [5.41, 5.74) is 5.50. The number of rotatable bonds is 5. The van der Waals surface area contributed by atoms with E-state index in [1.165, 1.54) is 0 Å². The summed E-state index contributed by atoms with van der Waals surface area (Å²) in [7, 11) is 0. The van der Waals surface area contributed by atoms with Gasteiger partial charge < -0.3 is 20.4 Å². The summed E-state index contributed by atoms with van der Waals surface area (Å²) in [6.45, 7) is 6.64. The molecule has 0 aliphatic heterocycles. The van der Waals surface area contributed by atoms with Crippen molar-refractivity contribution in [1.82, 2.24) is 9.88 Å². The van der Waals surface area contributed by atoms with Crippen LogP contribution >= 0.6 is 0 Å². The van der Waals surface area contributed by atoms with Crippen molar-refractivity contribution < 1.29 is 9.53 Å². The molecule has 3 N–H and O–H groups in total. The van der Waals surface area contributed by atoms with E-state index in [9.17, 15) is 9.59 Å².